The molecular formula is C15H30O4Si. The van der Waals surface area contributed by atoms with E-state index in [-0.39, 0.29) is 17.2 Å². The second-order valence-corrected chi connectivity index (χ2v) is 12.3. The molecule has 0 spiro atoms. The van der Waals surface area contributed by atoms with Crippen LogP contribution in [0.1, 0.15) is 47.5 Å². The highest BCUT2D eigenvalue weighted by atomic mass is 28.4. The number of carbonyl (C=O) groups is 1. The van der Waals surface area contributed by atoms with E-state index in [0.717, 1.165) is 6.29 Å². The van der Waals surface area contributed by atoms with E-state index in [0.29, 0.717) is 19.4 Å². The van der Waals surface area contributed by atoms with E-state index in [2.05, 4.69) is 33.9 Å². The summed E-state index contributed by atoms with van der Waals surface area (Å²) in [6, 6.07) is 0. The van der Waals surface area contributed by atoms with E-state index in [1.165, 1.54) is 0 Å². The summed E-state index contributed by atoms with van der Waals surface area (Å²) in [7, 11) is -1.78. The Morgan fingerprint density at radius 3 is 2.25 bits per heavy atom. The molecule has 1 rings (SSSR count). The molecule has 1 aliphatic rings. The highest BCUT2D eigenvalue weighted by Crippen LogP contribution is 2.38. The lowest BCUT2D eigenvalue weighted by molar-refractivity contribution is -0.149. The molecule has 0 radical (unpaired) electrons. The summed E-state index contributed by atoms with van der Waals surface area (Å²) in [5.41, 5.74) is 0. The molecule has 1 aliphatic heterocycles. The van der Waals surface area contributed by atoms with Gasteiger partial charge in [0.2, 0.25) is 0 Å². The Kier molecular flexibility index (Phi) is 5.58. The second-order valence-electron chi connectivity index (χ2n) is 7.53. The number of hydrogen-bond acceptors (Lipinski definition) is 4. The molecule has 118 valence electrons. The Bertz CT molecular complexity index is 333. The summed E-state index contributed by atoms with van der Waals surface area (Å²) in [4.78, 5) is 10.6. The minimum absolute atomic E-state index is 0.0556. The standard InChI is InChI=1S/C15H30O4Si/c1-14(2,3)20(6,7)17-11-13-12(9-8-10-16)18-15(4,5)19-13/h10,12-13H,8-9,11H2,1-7H3/t12-,13-/m0/s1. The lowest BCUT2D eigenvalue weighted by Gasteiger charge is -2.37. The molecule has 2 atom stereocenters. The minimum atomic E-state index is -1.78. The van der Waals surface area contributed by atoms with Crippen molar-refractivity contribution in [1.29, 1.82) is 0 Å². The summed E-state index contributed by atoms with van der Waals surface area (Å²) in [5, 5.41) is 0.181. The van der Waals surface area contributed by atoms with Crippen molar-refractivity contribution in [3.8, 4) is 0 Å². The first kappa shape index (κ1) is 17.8. The van der Waals surface area contributed by atoms with Crippen LogP contribution in [0.25, 0.3) is 0 Å². The van der Waals surface area contributed by atoms with Gasteiger partial charge in [-0.3, -0.25) is 0 Å². The van der Waals surface area contributed by atoms with Crippen molar-refractivity contribution in [1.82, 2.24) is 0 Å². The summed E-state index contributed by atoms with van der Waals surface area (Å²) in [5.74, 6) is -0.588. The topological polar surface area (TPSA) is 44.8 Å². The molecule has 0 unspecified atom stereocenters. The molecule has 1 fully saturated rings. The van der Waals surface area contributed by atoms with Gasteiger partial charge in [-0.25, -0.2) is 0 Å². The Morgan fingerprint density at radius 1 is 1.20 bits per heavy atom. The molecule has 20 heavy (non-hydrogen) atoms. The number of rotatable bonds is 6. The van der Waals surface area contributed by atoms with Crippen LogP contribution in [-0.2, 0) is 18.7 Å². The van der Waals surface area contributed by atoms with Crippen molar-refractivity contribution in [2.24, 2.45) is 0 Å². The Hall–Kier alpha value is -0.233. The SMILES string of the molecule is CC1(C)O[C@@H](CCC=O)[C@H](CO[Si](C)(C)C(C)(C)C)O1. The van der Waals surface area contributed by atoms with E-state index < -0.39 is 14.1 Å². The van der Waals surface area contributed by atoms with E-state index in [1.807, 2.05) is 13.8 Å². The normalized spacial score (nSPS) is 26.8. The zero-order chi connectivity index (χ0) is 15.6. The van der Waals surface area contributed by atoms with Crippen LogP contribution in [0.3, 0.4) is 0 Å². The van der Waals surface area contributed by atoms with Crippen LogP contribution >= 0.6 is 0 Å². The molecule has 0 saturated carbocycles. The molecule has 0 aliphatic carbocycles. The van der Waals surface area contributed by atoms with Crippen molar-refractivity contribution < 1.29 is 18.7 Å². The van der Waals surface area contributed by atoms with Gasteiger partial charge in [0.1, 0.15) is 12.4 Å². The van der Waals surface area contributed by atoms with Crippen LogP contribution in [0.15, 0.2) is 0 Å². The van der Waals surface area contributed by atoms with Crippen LogP contribution in [0, 0.1) is 0 Å². The first-order chi connectivity index (χ1) is 8.98. The molecule has 0 aromatic heterocycles. The largest absolute Gasteiger partial charge is 0.414 e. The van der Waals surface area contributed by atoms with Crippen LogP contribution < -0.4 is 0 Å². The number of ether oxygens (including phenoxy) is 2. The third-order valence-corrected chi connectivity index (χ3v) is 8.77. The average molecular weight is 302 g/mol. The number of aldehydes is 1. The third-order valence-electron chi connectivity index (χ3n) is 4.27. The van der Waals surface area contributed by atoms with Gasteiger partial charge in [-0.2, -0.15) is 0 Å². The second kappa shape index (κ2) is 6.26. The molecule has 4 nitrogen and oxygen atoms in total. The molecule has 1 heterocycles. The first-order valence-electron chi connectivity index (χ1n) is 7.42. The molecule has 0 N–H and O–H groups in total. The van der Waals surface area contributed by atoms with Crippen LogP contribution in [-0.4, -0.2) is 39.2 Å². The van der Waals surface area contributed by atoms with Gasteiger partial charge in [-0.15, -0.1) is 0 Å². The summed E-state index contributed by atoms with van der Waals surface area (Å²) >= 11 is 0. The number of hydrogen-bond donors (Lipinski definition) is 0. The zero-order valence-electron chi connectivity index (χ0n) is 14.0. The van der Waals surface area contributed by atoms with E-state index in [4.69, 9.17) is 13.9 Å². The Morgan fingerprint density at radius 2 is 1.75 bits per heavy atom. The van der Waals surface area contributed by atoms with Crippen LogP contribution in [0.4, 0.5) is 0 Å². The predicted octanol–water partition coefficient (Wildman–Crippen LogP) is 3.51. The van der Waals surface area contributed by atoms with Gasteiger partial charge in [0.15, 0.2) is 14.1 Å². The molecule has 0 aromatic rings. The van der Waals surface area contributed by atoms with Gasteiger partial charge in [0, 0.05) is 6.42 Å². The van der Waals surface area contributed by atoms with Gasteiger partial charge in [-0.05, 0) is 38.4 Å². The van der Waals surface area contributed by atoms with Crippen LogP contribution in [0.2, 0.25) is 18.1 Å². The fourth-order valence-electron chi connectivity index (χ4n) is 2.03. The quantitative estimate of drug-likeness (QED) is 0.556. The van der Waals surface area contributed by atoms with E-state index in [1.54, 1.807) is 0 Å². The van der Waals surface area contributed by atoms with E-state index in [9.17, 15) is 4.79 Å². The molecular weight excluding hydrogens is 272 g/mol. The fourth-order valence-corrected chi connectivity index (χ4v) is 3.05. The van der Waals surface area contributed by atoms with Gasteiger partial charge >= 0.3 is 0 Å². The van der Waals surface area contributed by atoms with Gasteiger partial charge in [-0.1, -0.05) is 20.8 Å². The first-order valence-corrected chi connectivity index (χ1v) is 10.3. The van der Waals surface area contributed by atoms with Crippen LogP contribution in [0.5, 0.6) is 0 Å². The molecule has 0 bridgehead atoms. The maximum absolute atomic E-state index is 10.6. The van der Waals surface area contributed by atoms with Gasteiger partial charge < -0.3 is 18.7 Å². The summed E-state index contributed by atoms with van der Waals surface area (Å²) in [6.07, 6.45) is 1.98. The highest BCUT2D eigenvalue weighted by molar-refractivity contribution is 6.74. The maximum Gasteiger partial charge on any atom is 0.192 e. The van der Waals surface area contributed by atoms with E-state index >= 15 is 0 Å². The zero-order valence-corrected chi connectivity index (χ0v) is 15.0. The fraction of sp³-hybridized carbons (Fsp3) is 0.933. The average Bonchev–Trinajstić information content (AvgIpc) is 2.57. The third kappa shape index (κ3) is 4.65. The van der Waals surface area contributed by atoms with Crippen molar-refractivity contribution in [3.05, 3.63) is 0 Å². The highest BCUT2D eigenvalue weighted by Gasteiger charge is 2.43. The Labute approximate surface area is 124 Å². The number of carbonyl (C=O) groups excluding carboxylic acids is 1. The Balaban J connectivity index is 2.62. The van der Waals surface area contributed by atoms with Gasteiger partial charge in [0.05, 0.1) is 12.7 Å². The maximum atomic E-state index is 10.6. The predicted molar refractivity (Wildman–Crippen MR) is 82.3 cm³/mol. The smallest absolute Gasteiger partial charge is 0.192 e. The minimum Gasteiger partial charge on any atom is -0.414 e. The van der Waals surface area contributed by atoms with Crippen molar-refractivity contribution >= 4 is 14.6 Å². The van der Waals surface area contributed by atoms with Crippen molar-refractivity contribution in [2.45, 2.75) is 83.6 Å². The molecule has 5 heteroatoms. The molecule has 1 saturated heterocycles. The molecule has 0 aromatic carbocycles. The van der Waals surface area contributed by atoms with Gasteiger partial charge in [0.25, 0.3) is 0 Å². The lowest BCUT2D eigenvalue weighted by Crippen LogP contribution is -2.44. The summed E-state index contributed by atoms with van der Waals surface area (Å²) < 4.78 is 18.0. The molecule has 0 amide bonds. The summed E-state index contributed by atoms with van der Waals surface area (Å²) in [6.45, 7) is 15.5. The van der Waals surface area contributed by atoms with Crippen molar-refractivity contribution in [2.75, 3.05) is 6.61 Å². The monoisotopic (exact) mass is 302 g/mol. The lowest BCUT2D eigenvalue weighted by atomic mass is 10.1. The van der Waals surface area contributed by atoms with Crippen molar-refractivity contribution in [3.63, 3.8) is 0 Å².